The van der Waals surface area contributed by atoms with E-state index in [-0.39, 0.29) is 30.6 Å². The van der Waals surface area contributed by atoms with Gasteiger partial charge in [-0.25, -0.2) is 0 Å². The number of carbonyl (C=O) groups is 6. The fourth-order valence-electron chi connectivity index (χ4n) is 4.17. The topological polar surface area (TPSA) is 231 Å². The second kappa shape index (κ2) is 13.3. The Kier molecular flexibility index (Phi) is 10.5. The van der Waals surface area contributed by atoms with Gasteiger partial charge in [0.25, 0.3) is 11.6 Å². The largest absolute Gasteiger partial charge is 0.481 e. The maximum Gasteiger partial charge on any atom is 0.303 e. The molecule has 1 fully saturated rings. The summed E-state index contributed by atoms with van der Waals surface area (Å²) in [7, 11) is 0. The quantitative estimate of drug-likeness (QED) is 0.176. The highest BCUT2D eigenvalue weighted by Crippen LogP contribution is 2.28. The molecule has 39 heavy (non-hydrogen) atoms. The van der Waals surface area contributed by atoms with Crippen molar-refractivity contribution in [2.75, 3.05) is 11.9 Å². The van der Waals surface area contributed by atoms with Crippen LogP contribution in [0.5, 0.6) is 0 Å². The highest BCUT2D eigenvalue weighted by atomic mass is 16.6. The fraction of sp³-hybridized carbons (Fsp3) is 0.500. The standard InChI is InChI=1S/C24H32N6O9/c1-12(2)20(23(36)27-15(21(25)34)7-9-19(32)33)28-22(35)18-5-4-10-29(18)24(37)14-6-8-17(30(38)39)16(11-14)26-13(3)31/h6,8,11-12,15,18,20H,4-5,7,9-10H2,1-3H3,(H2,25,34)(H,26,31)(H,27,36)(H,28,35)(H,32,33)/t15-,18-,20+/m0/s1. The number of nitrogens with one attached hydrogen (secondary N) is 3. The molecular formula is C24H32N6O9. The number of benzene rings is 1. The molecule has 15 nitrogen and oxygen atoms in total. The second-order valence-corrected chi connectivity index (χ2v) is 9.45. The lowest BCUT2D eigenvalue weighted by Crippen LogP contribution is -2.57. The molecule has 0 bridgehead atoms. The molecule has 0 aliphatic carbocycles. The summed E-state index contributed by atoms with van der Waals surface area (Å²) in [4.78, 5) is 85.2. The summed E-state index contributed by atoms with van der Waals surface area (Å²) >= 11 is 0. The summed E-state index contributed by atoms with van der Waals surface area (Å²) in [5.41, 5.74) is 4.73. The molecule has 6 N–H and O–H groups in total. The summed E-state index contributed by atoms with van der Waals surface area (Å²) < 4.78 is 0. The number of hydrogen-bond acceptors (Lipinski definition) is 8. The molecule has 0 radical (unpaired) electrons. The average molecular weight is 549 g/mol. The van der Waals surface area contributed by atoms with Crippen molar-refractivity contribution in [3.05, 3.63) is 33.9 Å². The molecule has 15 heteroatoms. The molecule has 0 spiro atoms. The van der Waals surface area contributed by atoms with Crippen LogP contribution in [0.25, 0.3) is 0 Å². The van der Waals surface area contributed by atoms with Gasteiger partial charge in [-0.15, -0.1) is 0 Å². The SMILES string of the molecule is CC(=O)Nc1cc(C(=O)N2CCC[C@H]2C(=O)N[C@@H](C(=O)N[C@@H](CCC(=O)O)C(N)=O)C(C)C)ccc1[N+](=O)[O-]. The van der Waals surface area contributed by atoms with Gasteiger partial charge in [0.05, 0.1) is 4.92 Å². The monoisotopic (exact) mass is 548 g/mol. The number of hydrogen-bond donors (Lipinski definition) is 5. The Hall–Kier alpha value is -4.56. The molecule has 1 aliphatic rings. The van der Waals surface area contributed by atoms with Crippen molar-refractivity contribution in [2.24, 2.45) is 11.7 Å². The Morgan fingerprint density at radius 3 is 2.38 bits per heavy atom. The molecule has 0 unspecified atom stereocenters. The van der Waals surface area contributed by atoms with Gasteiger partial charge in [0, 0.05) is 31.5 Å². The highest BCUT2D eigenvalue weighted by Gasteiger charge is 2.37. The number of aliphatic carboxylic acids is 1. The molecule has 0 saturated carbocycles. The van der Waals surface area contributed by atoms with Crippen LogP contribution < -0.4 is 21.7 Å². The van der Waals surface area contributed by atoms with Crippen LogP contribution in [0.4, 0.5) is 11.4 Å². The van der Waals surface area contributed by atoms with E-state index in [1.165, 1.54) is 17.0 Å². The Morgan fingerprint density at radius 1 is 1.18 bits per heavy atom. The lowest BCUT2D eigenvalue weighted by Gasteiger charge is -2.28. The number of anilines is 1. The summed E-state index contributed by atoms with van der Waals surface area (Å²) in [6.45, 7) is 4.68. The van der Waals surface area contributed by atoms with Crippen molar-refractivity contribution < 1.29 is 38.8 Å². The molecule has 3 atom stereocenters. The summed E-state index contributed by atoms with van der Waals surface area (Å²) in [6, 6.07) is 0.154. The first-order valence-electron chi connectivity index (χ1n) is 12.2. The minimum atomic E-state index is -1.25. The van der Waals surface area contributed by atoms with Gasteiger partial charge in [-0.2, -0.15) is 0 Å². The number of rotatable bonds is 12. The number of nitro benzene ring substituents is 1. The van der Waals surface area contributed by atoms with Gasteiger partial charge >= 0.3 is 5.97 Å². The molecule has 0 aromatic heterocycles. The van der Waals surface area contributed by atoms with E-state index < -0.39 is 76.6 Å². The number of carbonyl (C=O) groups excluding carboxylic acids is 5. The smallest absolute Gasteiger partial charge is 0.303 e. The Morgan fingerprint density at radius 2 is 1.85 bits per heavy atom. The van der Waals surface area contributed by atoms with Crippen LogP contribution in [0, 0.1) is 16.0 Å². The molecule has 1 aliphatic heterocycles. The van der Waals surface area contributed by atoms with Gasteiger partial charge in [0.2, 0.25) is 23.6 Å². The van der Waals surface area contributed by atoms with Gasteiger partial charge in [-0.1, -0.05) is 13.8 Å². The van der Waals surface area contributed by atoms with Crippen LogP contribution in [-0.2, 0) is 24.0 Å². The van der Waals surface area contributed by atoms with Crippen LogP contribution in [-0.4, -0.2) is 75.1 Å². The minimum Gasteiger partial charge on any atom is -0.481 e. The number of carboxylic acid groups (broad SMARTS) is 1. The van der Waals surface area contributed by atoms with Gasteiger partial charge in [-0.05, 0) is 37.3 Å². The molecule has 1 aromatic rings. The first-order chi connectivity index (χ1) is 18.2. The maximum absolute atomic E-state index is 13.3. The van der Waals surface area contributed by atoms with Crippen molar-refractivity contribution in [3.63, 3.8) is 0 Å². The summed E-state index contributed by atoms with van der Waals surface area (Å²) in [5, 5.41) is 27.5. The predicted molar refractivity (Wildman–Crippen MR) is 136 cm³/mol. The minimum absolute atomic E-state index is 0.0185. The van der Waals surface area contributed by atoms with Gasteiger partial charge < -0.3 is 31.7 Å². The van der Waals surface area contributed by atoms with Crippen LogP contribution >= 0.6 is 0 Å². The third kappa shape index (κ3) is 8.21. The van der Waals surface area contributed by atoms with E-state index in [0.29, 0.717) is 6.42 Å². The Balaban J connectivity index is 2.21. The molecule has 1 heterocycles. The second-order valence-electron chi connectivity index (χ2n) is 9.45. The number of amides is 5. The zero-order valence-electron chi connectivity index (χ0n) is 21.8. The van der Waals surface area contributed by atoms with Gasteiger partial charge in [-0.3, -0.25) is 38.9 Å². The van der Waals surface area contributed by atoms with Gasteiger partial charge in [0.15, 0.2) is 0 Å². The summed E-state index contributed by atoms with van der Waals surface area (Å²) in [5.74, 6) is -5.07. The lowest BCUT2D eigenvalue weighted by atomic mass is 10.0. The molecular weight excluding hydrogens is 516 g/mol. The van der Waals surface area contributed by atoms with E-state index in [0.717, 1.165) is 13.0 Å². The van der Waals surface area contributed by atoms with Crippen LogP contribution in [0.2, 0.25) is 0 Å². The van der Waals surface area contributed by atoms with Crippen LogP contribution in [0.1, 0.15) is 56.8 Å². The molecule has 212 valence electrons. The number of carboxylic acids is 1. The average Bonchev–Trinajstić information content (AvgIpc) is 3.33. The van der Waals surface area contributed by atoms with E-state index >= 15 is 0 Å². The van der Waals surface area contributed by atoms with Crippen molar-refractivity contribution in [3.8, 4) is 0 Å². The number of primary amides is 1. The van der Waals surface area contributed by atoms with Crippen molar-refractivity contribution in [1.82, 2.24) is 15.5 Å². The normalized spacial score (nSPS) is 16.2. The summed E-state index contributed by atoms with van der Waals surface area (Å²) in [6.07, 6.45) is 0.138. The first kappa shape index (κ1) is 30.7. The van der Waals surface area contributed by atoms with Crippen molar-refractivity contribution in [2.45, 2.75) is 64.6 Å². The predicted octanol–water partition coefficient (Wildman–Crippen LogP) is 0.134. The van der Waals surface area contributed by atoms with E-state index in [1.54, 1.807) is 13.8 Å². The zero-order chi connectivity index (χ0) is 29.4. The van der Waals surface area contributed by atoms with E-state index in [9.17, 15) is 38.9 Å². The van der Waals surface area contributed by atoms with E-state index in [2.05, 4.69) is 16.0 Å². The third-order valence-corrected chi connectivity index (χ3v) is 6.12. The Bertz CT molecular complexity index is 1170. The van der Waals surface area contributed by atoms with Crippen LogP contribution in [0.3, 0.4) is 0 Å². The van der Waals surface area contributed by atoms with Crippen LogP contribution in [0.15, 0.2) is 18.2 Å². The lowest BCUT2D eigenvalue weighted by molar-refractivity contribution is -0.383. The van der Waals surface area contributed by atoms with Crippen molar-refractivity contribution >= 4 is 46.9 Å². The number of nitrogens with two attached hydrogens (primary N) is 1. The first-order valence-corrected chi connectivity index (χ1v) is 12.2. The highest BCUT2D eigenvalue weighted by molar-refractivity contribution is 6.01. The number of likely N-dealkylation sites (tertiary alicyclic amines) is 1. The molecule has 2 rings (SSSR count). The maximum atomic E-state index is 13.3. The van der Waals surface area contributed by atoms with E-state index in [1.807, 2.05) is 0 Å². The number of nitro groups is 1. The third-order valence-electron chi connectivity index (χ3n) is 6.12. The fourth-order valence-corrected chi connectivity index (χ4v) is 4.17. The Labute approximate surface area is 223 Å². The van der Waals surface area contributed by atoms with Gasteiger partial charge in [0.1, 0.15) is 23.8 Å². The van der Waals surface area contributed by atoms with E-state index in [4.69, 9.17) is 10.8 Å². The molecule has 5 amide bonds. The number of nitrogens with zero attached hydrogens (tertiary/aromatic N) is 2. The zero-order valence-corrected chi connectivity index (χ0v) is 21.8. The molecule has 1 aromatic carbocycles. The molecule has 1 saturated heterocycles. The van der Waals surface area contributed by atoms with Crippen molar-refractivity contribution in [1.29, 1.82) is 0 Å².